The number of carbonyl (C=O) groups excluding carboxylic acids is 3. The first-order valence-electron chi connectivity index (χ1n) is 8.94. The average Bonchev–Trinajstić information content (AvgIpc) is 2.97. The Morgan fingerprint density at radius 3 is 2.22 bits per heavy atom. The van der Waals surface area contributed by atoms with Gasteiger partial charge in [-0.2, -0.15) is 0 Å². The standard InChI is InChI=1S/C17H27N3O3/c18-16(22)12-6-8-19(9-7-12)17(23)13-10-15(21)20(11-13)14-4-2-1-3-5-14/h12-14H,1-11H2,(H2,18,22). The van der Waals surface area contributed by atoms with Crippen LogP contribution in [0, 0.1) is 11.8 Å². The maximum absolute atomic E-state index is 12.7. The molecule has 2 saturated heterocycles. The molecule has 2 N–H and O–H groups in total. The third kappa shape index (κ3) is 3.51. The minimum Gasteiger partial charge on any atom is -0.369 e. The molecule has 0 spiro atoms. The van der Waals surface area contributed by atoms with Gasteiger partial charge in [-0.25, -0.2) is 0 Å². The fraction of sp³-hybridized carbons (Fsp3) is 0.824. The highest BCUT2D eigenvalue weighted by Gasteiger charge is 2.40. The van der Waals surface area contributed by atoms with E-state index >= 15 is 0 Å². The van der Waals surface area contributed by atoms with Gasteiger partial charge < -0.3 is 15.5 Å². The molecule has 3 rings (SSSR count). The maximum Gasteiger partial charge on any atom is 0.227 e. The molecule has 1 aliphatic carbocycles. The lowest BCUT2D eigenvalue weighted by molar-refractivity contribution is -0.138. The first-order chi connectivity index (χ1) is 11.1. The number of likely N-dealkylation sites (tertiary alicyclic amines) is 2. The maximum atomic E-state index is 12.7. The van der Waals surface area contributed by atoms with Crippen molar-refractivity contribution in [1.82, 2.24) is 9.80 Å². The van der Waals surface area contributed by atoms with Gasteiger partial charge >= 0.3 is 0 Å². The number of nitrogens with zero attached hydrogens (tertiary/aromatic N) is 2. The highest BCUT2D eigenvalue weighted by atomic mass is 16.2. The highest BCUT2D eigenvalue weighted by molar-refractivity contribution is 5.89. The highest BCUT2D eigenvalue weighted by Crippen LogP contribution is 2.30. The van der Waals surface area contributed by atoms with Crippen LogP contribution < -0.4 is 5.73 Å². The van der Waals surface area contributed by atoms with E-state index < -0.39 is 0 Å². The van der Waals surface area contributed by atoms with Gasteiger partial charge in [-0.05, 0) is 25.7 Å². The van der Waals surface area contributed by atoms with Crippen molar-refractivity contribution in [2.75, 3.05) is 19.6 Å². The second-order valence-electron chi connectivity index (χ2n) is 7.24. The molecule has 1 saturated carbocycles. The fourth-order valence-corrected chi connectivity index (χ4v) is 4.29. The summed E-state index contributed by atoms with van der Waals surface area (Å²) in [6.07, 6.45) is 7.44. The number of carbonyl (C=O) groups is 3. The summed E-state index contributed by atoms with van der Waals surface area (Å²) in [6, 6.07) is 0.342. The summed E-state index contributed by atoms with van der Waals surface area (Å²) < 4.78 is 0. The first-order valence-corrected chi connectivity index (χ1v) is 8.94. The Balaban J connectivity index is 1.54. The zero-order valence-corrected chi connectivity index (χ0v) is 13.7. The first kappa shape index (κ1) is 16.3. The van der Waals surface area contributed by atoms with Crippen LogP contribution in [0.1, 0.15) is 51.4 Å². The zero-order chi connectivity index (χ0) is 16.4. The van der Waals surface area contributed by atoms with Crippen molar-refractivity contribution in [3.8, 4) is 0 Å². The Labute approximate surface area is 137 Å². The third-order valence-corrected chi connectivity index (χ3v) is 5.73. The molecule has 3 amide bonds. The molecule has 0 bridgehead atoms. The largest absolute Gasteiger partial charge is 0.369 e. The van der Waals surface area contributed by atoms with Crippen LogP contribution in [0.15, 0.2) is 0 Å². The summed E-state index contributed by atoms with van der Waals surface area (Å²) >= 11 is 0. The van der Waals surface area contributed by atoms with Crippen LogP contribution in [0.2, 0.25) is 0 Å². The minimum atomic E-state index is -0.267. The van der Waals surface area contributed by atoms with Crippen LogP contribution in [0.4, 0.5) is 0 Å². The normalized spacial score (nSPS) is 27.5. The van der Waals surface area contributed by atoms with E-state index in [0.29, 0.717) is 44.9 Å². The molecule has 6 heteroatoms. The van der Waals surface area contributed by atoms with Crippen LogP contribution in [-0.2, 0) is 14.4 Å². The van der Waals surface area contributed by atoms with Crippen molar-refractivity contribution in [2.24, 2.45) is 17.6 Å². The van der Waals surface area contributed by atoms with Crippen LogP contribution in [0.3, 0.4) is 0 Å². The molecular formula is C17H27N3O3. The molecule has 6 nitrogen and oxygen atoms in total. The van der Waals surface area contributed by atoms with Crippen LogP contribution in [-0.4, -0.2) is 53.2 Å². The van der Waals surface area contributed by atoms with E-state index in [4.69, 9.17) is 5.73 Å². The molecule has 1 atom stereocenters. The van der Waals surface area contributed by atoms with Crippen molar-refractivity contribution in [3.05, 3.63) is 0 Å². The van der Waals surface area contributed by atoms with Gasteiger partial charge in [0.1, 0.15) is 0 Å². The number of amides is 3. The number of primary amides is 1. The quantitative estimate of drug-likeness (QED) is 0.838. The summed E-state index contributed by atoms with van der Waals surface area (Å²) in [5, 5.41) is 0. The lowest BCUT2D eigenvalue weighted by atomic mass is 9.94. The molecule has 3 aliphatic rings. The predicted octanol–water partition coefficient (Wildman–Crippen LogP) is 0.891. The molecule has 3 fully saturated rings. The minimum absolute atomic E-state index is 0.0829. The van der Waals surface area contributed by atoms with E-state index in [0.717, 1.165) is 12.8 Å². The fourth-order valence-electron chi connectivity index (χ4n) is 4.29. The summed E-state index contributed by atoms with van der Waals surface area (Å²) in [7, 11) is 0. The van der Waals surface area contributed by atoms with Crippen molar-refractivity contribution in [3.63, 3.8) is 0 Å². The Hall–Kier alpha value is -1.59. The lowest BCUT2D eigenvalue weighted by Gasteiger charge is -2.33. The predicted molar refractivity (Wildman–Crippen MR) is 85.2 cm³/mol. The SMILES string of the molecule is NC(=O)C1CCN(C(=O)C2CC(=O)N(C3CCCCC3)C2)CC1. The van der Waals surface area contributed by atoms with E-state index in [1.165, 1.54) is 19.3 Å². The second kappa shape index (κ2) is 6.89. The third-order valence-electron chi connectivity index (χ3n) is 5.73. The zero-order valence-electron chi connectivity index (χ0n) is 13.7. The smallest absolute Gasteiger partial charge is 0.227 e. The van der Waals surface area contributed by atoms with Gasteiger partial charge in [-0.1, -0.05) is 19.3 Å². The van der Waals surface area contributed by atoms with Crippen LogP contribution in [0.5, 0.6) is 0 Å². The summed E-state index contributed by atoms with van der Waals surface area (Å²) in [6.45, 7) is 1.75. The van der Waals surface area contributed by atoms with Crippen molar-refractivity contribution in [1.29, 1.82) is 0 Å². The monoisotopic (exact) mass is 321 g/mol. The van der Waals surface area contributed by atoms with Crippen molar-refractivity contribution in [2.45, 2.75) is 57.4 Å². The van der Waals surface area contributed by atoms with Crippen LogP contribution >= 0.6 is 0 Å². The van der Waals surface area contributed by atoms with Gasteiger partial charge in [0.25, 0.3) is 0 Å². The lowest BCUT2D eigenvalue weighted by Crippen LogP contribution is -2.45. The number of hydrogen-bond acceptors (Lipinski definition) is 3. The van der Waals surface area contributed by atoms with Gasteiger partial charge in [-0.3, -0.25) is 14.4 Å². The molecule has 0 aromatic rings. The van der Waals surface area contributed by atoms with Gasteiger partial charge in [0.2, 0.25) is 17.7 Å². The Morgan fingerprint density at radius 2 is 1.61 bits per heavy atom. The number of piperidine rings is 1. The van der Waals surface area contributed by atoms with Gasteiger partial charge in [0, 0.05) is 38.0 Å². The molecule has 128 valence electrons. The molecule has 0 aromatic heterocycles. The second-order valence-corrected chi connectivity index (χ2v) is 7.24. The van der Waals surface area contributed by atoms with Gasteiger partial charge in [0.05, 0.1) is 5.92 Å². The van der Waals surface area contributed by atoms with E-state index in [2.05, 4.69) is 0 Å². The van der Waals surface area contributed by atoms with E-state index in [9.17, 15) is 14.4 Å². The van der Waals surface area contributed by atoms with Crippen molar-refractivity contribution < 1.29 is 14.4 Å². The molecule has 1 unspecified atom stereocenters. The summed E-state index contributed by atoms with van der Waals surface area (Å²) in [4.78, 5) is 40.0. The Bertz CT molecular complexity index is 479. The van der Waals surface area contributed by atoms with E-state index in [1.54, 1.807) is 0 Å². The molecule has 2 aliphatic heterocycles. The van der Waals surface area contributed by atoms with Crippen LogP contribution in [0.25, 0.3) is 0 Å². The average molecular weight is 321 g/mol. The Kier molecular flexibility index (Phi) is 4.87. The Morgan fingerprint density at radius 1 is 0.957 bits per heavy atom. The molecule has 23 heavy (non-hydrogen) atoms. The molecule has 0 radical (unpaired) electrons. The number of hydrogen-bond donors (Lipinski definition) is 1. The van der Waals surface area contributed by atoms with Gasteiger partial charge in [-0.15, -0.1) is 0 Å². The van der Waals surface area contributed by atoms with E-state index in [-0.39, 0.29) is 29.6 Å². The number of rotatable bonds is 3. The van der Waals surface area contributed by atoms with Crippen molar-refractivity contribution >= 4 is 17.7 Å². The van der Waals surface area contributed by atoms with Gasteiger partial charge in [0.15, 0.2) is 0 Å². The summed E-state index contributed by atoms with van der Waals surface area (Å²) in [5.41, 5.74) is 5.34. The topological polar surface area (TPSA) is 83.7 Å². The molecule has 0 aromatic carbocycles. The van der Waals surface area contributed by atoms with E-state index in [1.807, 2.05) is 9.80 Å². The molecular weight excluding hydrogens is 294 g/mol. The summed E-state index contributed by atoms with van der Waals surface area (Å²) in [5.74, 6) is -0.351. The number of nitrogens with two attached hydrogens (primary N) is 1. The molecule has 2 heterocycles.